The predicted molar refractivity (Wildman–Crippen MR) is 114 cm³/mol. The van der Waals surface area contributed by atoms with Gasteiger partial charge >= 0.3 is 12.4 Å². The number of alkyl halides is 6. The summed E-state index contributed by atoms with van der Waals surface area (Å²) in [4.78, 5) is 8.52. The molecule has 0 spiro atoms. The highest BCUT2D eigenvalue weighted by Gasteiger charge is 2.36. The molecular formula is C23H12F7N5. The predicted octanol–water partition coefficient (Wildman–Crippen LogP) is 7.09. The summed E-state index contributed by atoms with van der Waals surface area (Å²) >= 11 is 0. The van der Waals surface area contributed by atoms with Crippen molar-refractivity contribution >= 4 is 33.4 Å². The van der Waals surface area contributed by atoms with E-state index < -0.39 is 34.8 Å². The number of hydrogen-bond acceptors (Lipinski definition) is 4. The van der Waals surface area contributed by atoms with Gasteiger partial charge in [0.1, 0.15) is 11.3 Å². The number of hydrogen-bond donors (Lipinski definition) is 2. The lowest BCUT2D eigenvalue weighted by atomic mass is 10.1. The monoisotopic (exact) mass is 491 g/mol. The van der Waals surface area contributed by atoms with Crippen LogP contribution in [0.2, 0.25) is 0 Å². The number of anilines is 2. The number of benzene rings is 3. The molecule has 0 saturated carbocycles. The molecule has 0 aliphatic rings. The molecule has 0 aliphatic heterocycles. The van der Waals surface area contributed by atoms with Crippen LogP contribution in [0, 0.1) is 5.82 Å². The summed E-state index contributed by atoms with van der Waals surface area (Å²) in [7, 11) is 0. The van der Waals surface area contributed by atoms with E-state index in [-0.39, 0.29) is 28.4 Å². The minimum Gasteiger partial charge on any atom is -0.322 e. The molecule has 3 aromatic carbocycles. The second kappa shape index (κ2) is 7.93. The molecule has 5 aromatic rings. The van der Waals surface area contributed by atoms with E-state index in [0.717, 1.165) is 12.1 Å². The largest absolute Gasteiger partial charge is 0.419 e. The summed E-state index contributed by atoms with van der Waals surface area (Å²) in [6.45, 7) is 0. The summed E-state index contributed by atoms with van der Waals surface area (Å²) in [6.07, 6.45) is -9.56. The van der Waals surface area contributed by atoms with Gasteiger partial charge in [-0.25, -0.2) is 14.4 Å². The third-order valence-corrected chi connectivity index (χ3v) is 5.30. The van der Waals surface area contributed by atoms with Crippen LogP contribution in [0.5, 0.6) is 0 Å². The van der Waals surface area contributed by atoms with Gasteiger partial charge in [-0.2, -0.15) is 31.4 Å². The van der Waals surface area contributed by atoms with Crippen molar-refractivity contribution in [1.29, 1.82) is 0 Å². The summed E-state index contributed by atoms with van der Waals surface area (Å²) in [5, 5.41) is 9.29. The maximum Gasteiger partial charge on any atom is 0.419 e. The lowest BCUT2D eigenvalue weighted by molar-refractivity contribution is -0.140. The Morgan fingerprint density at radius 1 is 0.686 bits per heavy atom. The van der Waals surface area contributed by atoms with Gasteiger partial charge in [-0.1, -0.05) is 30.3 Å². The van der Waals surface area contributed by atoms with Crippen molar-refractivity contribution < 1.29 is 30.7 Å². The van der Waals surface area contributed by atoms with Gasteiger partial charge in [0.25, 0.3) is 0 Å². The Bertz CT molecular complexity index is 1570. The fourth-order valence-electron chi connectivity index (χ4n) is 3.70. The van der Waals surface area contributed by atoms with Gasteiger partial charge in [0, 0.05) is 16.3 Å². The molecule has 35 heavy (non-hydrogen) atoms. The molecule has 2 N–H and O–H groups in total. The Balaban J connectivity index is 1.66. The Morgan fingerprint density at radius 2 is 1.37 bits per heavy atom. The second-order valence-electron chi connectivity index (χ2n) is 7.50. The van der Waals surface area contributed by atoms with Crippen LogP contribution in [0.1, 0.15) is 11.1 Å². The third-order valence-electron chi connectivity index (χ3n) is 5.30. The zero-order valence-electron chi connectivity index (χ0n) is 17.3. The molecule has 5 nitrogen and oxygen atoms in total. The molecule has 2 aromatic heterocycles. The van der Waals surface area contributed by atoms with Crippen molar-refractivity contribution in [3.05, 3.63) is 77.6 Å². The molecule has 2 heterocycles. The maximum absolute atomic E-state index is 14.5. The van der Waals surface area contributed by atoms with E-state index in [4.69, 9.17) is 0 Å². The third kappa shape index (κ3) is 4.00. The van der Waals surface area contributed by atoms with Gasteiger partial charge < -0.3 is 5.32 Å². The number of nitrogens with one attached hydrogen (secondary N) is 2. The van der Waals surface area contributed by atoms with Crippen molar-refractivity contribution in [2.75, 3.05) is 5.32 Å². The van der Waals surface area contributed by atoms with E-state index in [1.54, 1.807) is 24.3 Å². The quantitative estimate of drug-likeness (QED) is 0.265. The van der Waals surface area contributed by atoms with E-state index in [1.165, 1.54) is 18.2 Å². The first-order chi connectivity index (χ1) is 16.5. The maximum atomic E-state index is 14.5. The van der Waals surface area contributed by atoms with E-state index in [9.17, 15) is 30.7 Å². The Labute approximate surface area is 191 Å². The first-order valence-electron chi connectivity index (χ1n) is 9.98. The molecule has 0 atom stereocenters. The smallest absolute Gasteiger partial charge is 0.322 e. The Kier molecular flexibility index (Phi) is 5.11. The van der Waals surface area contributed by atoms with Crippen molar-refractivity contribution in [3.8, 4) is 11.4 Å². The van der Waals surface area contributed by atoms with Crippen LogP contribution < -0.4 is 5.32 Å². The molecule has 5 rings (SSSR count). The van der Waals surface area contributed by atoms with Crippen molar-refractivity contribution in [1.82, 2.24) is 20.2 Å². The van der Waals surface area contributed by atoms with Crippen LogP contribution in [0.15, 0.2) is 60.7 Å². The first-order valence-corrected chi connectivity index (χ1v) is 9.98. The molecule has 0 bridgehead atoms. The van der Waals surface area contributed by atoms with Crippen LogP contribution >= 0.6 is 0 Å². The topological polar surface area (TPSA) is 66.5 Å². The van der Waals surface area contributed by atoms with Crippen LogP contribution in [-0.4, -0.2) is 20.2 Å². The van der Waals surface area contributed by atoms with Crippen LogP contribution in [0.3, 0.4) is 0 Å². The average Bonchev–Trinajstić information content (AvgIpc) is 3.21. The minimum absolute atomic E-state index is 0.00423. The van der Waals surface area contributed by atoms with E-state index >= 15 is 0 Å². The van der Waals surface area contributed by atoms with Gasteiger partial charge in [0.2, 0.25) is 0 Å². The fraction of sp³-hybridized carbons (Fsp3) is 0.0870. The number of para-hydroxylation sites is 1. The van der Waals surface area contributed by atoms with Crippen molar-refractivity contribution in [2.45, 2.75) is 12.4 Å². The molecule has 0 unspecified atom stereocenters. The normalized spacial score (nSPS) is 12.4. The highest BCUT2D eigenvalue weighted by molar-refractivity contribution is 5.97. The standard InChI is InChI=1S/C23H12F7N5/c24-17-15(23(28,29)30)10-9-13-18(17)34-35-21(13)33-20-12-6-2-4-8-16(12)31-19(32-20)11-5-1-3-7-14(11)22(25,26)27/h1-10H,(H2,31,32,33,34,35). The average molecular weight is 491 g/mol. The van der Waals surface area contributed by atoms with E-state index in [1.807, 2.05) is 0 Å². The Hall–Kier alpha value is -4.22. The van der Waals surface area contributed by atoms with Gasteiger partial charge in [-0.15, -0.1) is 0 Å². The fourth-order valence-corrected chi connectivity index (χ4v) is 3.70. The summed E-state index contributed by atoms with van der Waals surface area (Å²) < 4.78 is 94.3. The number of nitrogens with zero attached hydrogens (tertiary/aromatic N) is 3. The number of aromatic nitrogens is 4. The minimum atomic E-state index is -4.90. The molecule has 0 amide bonds. The van der Waals surface area contributed by atoms with Gasteiger partial charge in [0.05, 0.1) is 16.6 Å². The summed E-state index contributed by atoms with van der Waals surface area (Å²) in [5.41, 5.74) is -2.83. The molecule has 0 fully saturated rings. The molecule has 12 heteroatoms. The zero-order chi connectivity index (χ0) is 25.0. The van der Waals surface area contributed by atoms with Gasteiger partial charge in [-0.3, -0.25) is 5.10 Å². The molecule has 178 valence electrons. The zero-order valence-corrected chi connectivity index (χ0v) is 17.3. The highest BCUT2D eigenvalue weighted by atomic mass is 19.4. The van der Waals surface area contributed by atoms with E-state index in [0.29, 0.717) is 17.0 Å². The number of fused-ring (bicyclic) bond motifs is 2. The highest BCUT2D eigenvalue weighted by Crippen LogP contribution is 2.38. The lowest BCUT2D eigenvalue weighted by Crippen LogP contribution is -2.09. The molecule has 0 radical (unpaired) electrons. The number of aromatic amines is 1. The van der Waals surface area contributed by atoms with Gasteiger partial charge in [0.15, 0.2) is 17.5 Å². The number of H-pyrrole nitrogens is 1. The van der Waals surface area contributed by atoms with Crippen LogP contribution in [-0.2, 0) is 12.4 Å². The van der Waals surface area contributed by atoms with Gasteiger partial charge in [-0.05, 0) is 30.3 Å². The van der Waals surface area contributed by atoms with Crippen LogP contribution in [0.25, 0.3) is 33.2 Å². The molecule has 0 aliphatic carbocycles. The molecule has 0 saturated heterocycles. The first kappa shape index (κ1) is 22.6. The summed E-state index contributed by atoms with van der Waals surface area (Å²) in [6, 6.07) is 12.9. The lowest BCUT2D eigenvalue weighted by Gasteiger charge is -2.14. The number of halogens is 7. The van der Waals surface area contributed by atoms with Crippen LogP contribution in [0.4, 0.5) is 42.4 Å². The number of rotatable bonds is 3. The Morgan fingerprint density at radius 3 is 2.11 bits per heavy atom. The molecular weight excluding hydrogens is 479 g/mol. The summed E-state index contributed by atoms with van der Waals surface area (Å²) in [5.74, 6) is -1.78. The SMILES string of the molecule is Fc1c(C(F)(F)F)ccc2c(Nc3nc(-c4ccccc4C(F)(F)F)nc4ccccc34)n[nH]c12. The van der Waals surface area contributed by atoms with Crippen molar-refractivity contribution in [2.24, 2.45) is 0 Å². The van der Waals surface area contributed by atoms with E-state index in [2.05, 4.69) is 25.5 Å². The second-order valence-corrected chi connectivity index (χ2v) is 7.50. The van der Waals surface area contributed by atoms with Crippen molar-refractivity contribution in [3.63, 3.8) is 0 Å².